The van der Waals surface area contributed by atoms with E-state index in [0.29, 0.717) is 17.5 Å². The molecule has 45 heavy (non-hydrogen) atoms. The van der Waals surface area contributed by atoms with Gasteiger partial charge in [0.15, 0.2) is 17.5 Å². The lowest BCUT2D eigenvalue weighted by molar-refractivity contribution is 0.669. The van der Waals surface area contributed by atoms with Crippen molar-refractivity contribution in [3.05, 3.63) is 152 Å². The van der Waals surface area contributed by atoms with Gasteiger partial charge in [-0.1, -0.05) is 133 Å². The van der Waals surface area contributed by atoms with E-state index in [9.17, 15) is 0 Å². The predicted octanol–water partition coefficient (Wildman–Crippen LogP) is 10.7. The minimum atomic E-state index is 0.612. The normalized spacial score (nSPS) is 11.6. The fourth-order valence-electron chi connectivity index (χ4n) is 6.39. The molecule has 0 radical (unpaired) electrons. The second-order valence-electron chi connectivity index (χ2n) is 11.2. The minimum absolute atomic E-state index is 0.612. The van der Waals surface area contributed by atoms with E-state index in [0.717, 1.165) is 44.2 Å². The number of aromatic nitrogens is 3. The Bertz CT molecular complexity index is 2530. The van der Waals surface area contributed by atoms with E-state index in [-0.39, 0.29) is 0 Å². The molecule has 4 heteroatoms. The van der Waals surface area contributed by atoms with E-state index in [1.165, 1.54) is 27.1 Å². The lowest BCUT2D eigenvalue weighted by Crippen LogP contribution is -2.00. The highest BCUT2D eigenvalue weighted by Crippen LogP contribution is 2.38. The zero-order chi connectivity index (χ0) is 29.7. The van der Waals surface area contributed by atoms with Crippen LogP contribution < -0.4 is 0 Å². The standard InChI is InChI=1S/C41H25N3O/c1-2-11-27(12-3-1)39-42-40(44-41(43-39)34-18-10-20-37-38(34)33-17-8-9-19-36(33)45-37)28-23-21-26(22-24-28)35-25-29-13-4-5-14-30(29)31-15-6-7-16-32(31)35/h1-25H. The van der Waals surface area contributed by atoms with Crippen molar-refractivity contribution >= 4 is 43.5 Å². The van der Waals surface area contributed by atoms with Crippen LogP contribution in [0.4, 0.5) is 0 Å². The van der Waals surface area contributed by atoms with E-state index in [4.69, 9.17) is 19.4 Å². The van der Waals surface area contributed by atoms with Gasteiger partial charge in [0.05, 0.1) is 0 Å². The van der Waals surface area contributed by atoms with Crippen molar-refractivity contribution < 1.29 is 4.42 Å². The van der Waals surface area contributed by atoms with Crippen molar-refractivity contribution in [2.24, 2.45) is 0 Å². The van der Waals surface area contributed by atoms with E-state index in [1.54, 1.807) is 0 Å². The molecule has 2 aromatic heterocycles. The van der Waals surface area contributed by atoms with Gasteiger partial charge in [-0.2, -0.15) is 0 Å². The molecule has 2 heterocycles. The SMILES string of the molecule is c1ccc(-c2nc(-c3ccc(-c4cc5ccccc5c5ccccc45)cc3)nc(-c3cccc4oc5ccccc5c34)n2)cc1. The molecule has 0 bridgehead atoms. The van der Waals surface area contributed by atoms with Gasteiger partial charge >= 0.3 is 0 Å². The van der Waals surface area contributed by atoms with E-state index >= 15 is 0 Å². The lowest BCUT2D eigenvalue weighted by Gasteiger charge is -2.12. The second-order valence-corrected chi connectivity index (χ2v) is 11.2. The number of nitrogens with zero attached hydrogens (tertiary/aromatic N) is 3. The average Bonchev–Trinajstić information content (AvgIpc) is 3.51. The zero-order valence-electron chi connectivity index (χ0n) is 24.2. The number of para-hydroxylation sites is 1. The largest absolute Gasteiger partial charge is 0.456 e. The van der Waals surface area contributed by atoms with Crippen molar-refractivity contribution in [3.8, 4) is 45.3 Å². The van der Waals surface area contributed by atoms with Gasteiger partial charge in [-0.15, -0.1) is 0 Å². The summed E-state index contributed by atoms with van der Waals surface area (Å²) >= 11 is 0. The summed E-state index contributed by atoms with van der Waals surface area (Å²) in [5, 5.41) is 7.02. The van der Waals surface area contributed by atoms with Crippen molar-refractivity contribution in [1.29, 1.82) is 0 Å². The Morgan fingerprint density at radius 2 is 0.933 bits per heavy atom. The van der Waals surface area contributed by atoms with Crippen LogP contribution in [0.1, 0.15) is 0 Å². The Kier molecular flexibility index (Phi) is 5.78. The summed E-state index contributed by atoms with van der Waals surface area (Å²) in [6, 6.07) is 52.3. The summed E-state index contributed by atoms with van der Waals surface area (Å²) in [6.45, 7) is 0. The molecule has 0 aliphatic heterocycles. The van der Waals surface area contributed by atoms with Crippen LogP contribution >= 0.6 is 0 Å². The molecule has 0 fully saturated rings. The van der Waals surface area contributed by atoms with Crippen LogP contribution in [0.25, 0.3) is 88.8 Å². The Hall–Kier alpha value is -6.13. The van der Waals surface area contributed by atoms with E-state index in [1.807, 2.05) is 60.7 Å². The molecule has 0 saturated carbocycles. The summed E-state index contributed by atoms with van der Waals surface area (Å²) in [5.41, 5.74) is 6.78. The van der Waals surface area contributed by atoms with Crippen LogP contribution in [-0.2, 0) is 0 Å². The highest BCUT2D eigenvalue weighted by Gasteiger charge is 2.18. The molecule has 4 nitrogen and oxygen atoms in total. The first-order valence-corrected chi connectivity index (χ1v) is 15.0. The molecule has 0 spiro atoms. The highest BCUT2D eigenvalue weighted by atomic mass is 16.3. The number of fused-ring (bicyclic) bond motifs is 6. The van der Waals surface area contributed by atoms with Crippen molar-refractivity contribution in [2.45, 2.75) is 0 Å². The number of rotatable bonds is 4. The smallest absolute Gasteiger partial charge is 0.164 e. The van der Waals surface area contributed by atoms with E-state index < -0.39 is 0 Å². The molecule has 0 aliphatic carbocycles. The number of hydrogen-bond acceptors (Lipinski definition) is 4. The quantitative estimate of drug-likeness (QED) is 0.196. The second kappa shape index (κ2) is 10.2. The average molecular weight is 576 g/mol. The van der Waals surface area contributed by atoms with Gasteiger partial charge in [0.25, 0.3) is 0 Å². The maximum atomic E-state index is 6.19. The number of furan rings is 1. The van der Waals surface area contributed by atoms with Crippen LogP contribution in [0, 0.1) is 0 Å². The number of hydrogen-bond donors (Lipinski definition) is 0. The fourth-order valence-corrected chi connectivity index (χ4v) is 6.39. The summed E-state index contributed by atoms with van der Waals surface area (Å²) in [4.78, 5) is 15.0. The molecular weight excluding hydrogens is 550 g/mol. The lowest BCUT2D eigenvalue weighted by atomic mass is 9.93. The van der Waals surface area contributed by atoms with Gasteiger partial charge in [-0.05, 0) is 50.9 Å². The Morgan fingerprint density at radius 1 is 0.356 bits per heavy atom. The number of benzene rings is 7. The summed E-state index contributed by atoms with van der Waals surface area (Å²) in [5.74, 6) is 1.86. The van der Waals surface area contributed by atoms with Crippen molar-refractivity contribution in [2.75, 3.05) is 0 Å². The van der Waals surface area contributed by atoms with Gasteiger partial charge in [-0.3, -0.25) is 0 Å². The molecular formula is C41H25N3O. The Morgan fingerprint density at radius 3 is 1.73 bits per heavy atom. The predicted molar refractivity (Wildman–Crippen MR) is 184 cm³/mol. The maximum Gasteiger partial charge on any atom is 0.164 e. The highest BCUT2D eigenvalue weighted by molar-refractivity contribution is 6.14. The molecule has 0 saturated heterocycles. The minimum Gasteiger partial charge on any atom is -0.456 e. The van der Waals surface area contributed by atoms with Gasteiger partial charge < -0.3 is 4.42 Å². The molecule has 0 atom stereocenters. The molecule has 0 aliphatic rings. The topological polar surface area (TPSA) is 51.8 Å². The summed E-state index contributed by atoms with van der Waals surface area (Å²) < 4.78 is 6.19. The molecule has 210 valence electrons. The van der Waals surface area contributed by atoms with Crippen LogP contribution in [0.3, 0.4) is 0 Å². The Labute approximate surface area is 259 Å². The van der Waals surface area contributed by atoms with Gasteiger partial charge in [-0.25, -0.2) is 15.0 Å². The van der Waals surface area contributed by atoms with E-state index in [2.05, 4.69) is 91.0 Å². The van der Waals surface area contributed by atoms with Crippen molar-refractivity contribution in [1.82, 2.24) is 15.0 Å². The van der Waals surface area contributed by atoms with Gasteiger partial charge in [0, 0.05) is 27.5 Å². The maximum absolute atomic E-state index is 6.19. The van der Waals surface area contributed by atoms with Crippen molar-refractivity contribution in [3.63, 3.8) is 0 Å². The summed E-state index contributed by atoms with van der Waals surface area (Å²) in [6.07, 6.45) is 0. The molecule has 0 N–H and O–H groups in total. The van der Waals surface area contributed by atoms with Crippen LogP contribution in [0.5, 0.6) is 0 Å². The molecule has 0 unspecified atom stereocenters. The molecule has 9 aromatic rings. The van der Waals surface area contributed by atoms with Crippen LogP contribution in [-0.4, -0.2) is 15.0 Å². The monoisotopic (exact) mass is 575 g/mol. The van der Waals surface area contributed by atoms with Crippen LogP contribution in [0.2, 0.25) is 0 Å². The third kappa shape index (κ3) is 4.27. The zero-order valence-corrected chi connectivity index (χ0v) is 24.2. The third-order valence-corrected chi connectivity index (χ3v) is 8.53. The molecule has 7 aromatic carbocycles. The first-order chi connectivity index (χ1) is 22.3. The summed E-state index contributed by atoms with van der Waals surface area (Å²) in [7, 11) is 0. The molecule has 9 rings (SSSR count). The first-order valence-electron chi connectivity index (χ1n) is 15.0. The Balaban J connectivity index is 1.21. The molecule has 0 amide bonds. The fraction of sp³-hybridized carbons (Fsp3) is 0. The first kappa shape index (κ1) is 25.4. The van der Waals surface area contributed by atoms with Gasteiger partial charge in [0.2, 0.25) is 0 Å². The van der Waals surface area contributed by atoms with Crippen LogP contribution in [0.15, 0.2) is 156 Å². The van der Waals surface area contributed by atoms with Gasteiger partial charge in [0.1, 0.15) is 11.2 Å². The third-order valence-electron chi connectivity index (χ3n) is 8.53.